The van der Waals surface area contributed by atoms with E-state index in [-0.39, 0.29) is 117 Å². The van der Waals surface area contributed by atoms with Crippen LogP contribution in [0.5, 0.6) is 0 Å². The maximum atomic E-state index is 11.6. The van der Waals surface area contributed by atoms with Crippen molar-refractivity contribution in [2.24, 2.45) is 0 Å². The number of nitrogens with zero attached hydrogens (tertiary/aromatic N) is 5. The van der Waals surface area contributed by atoms with Gasteiger partial charge >= 0.3 is 0 Å². The molecule has 6 heterocycles. The Balaban J connectivity index is 1.12. The lowest BCUT2D eigenvalue weighted by atomic mass is 9.33. The molecule has 0 spiro atoms. The molecule has 0 N–H and O–H groups in total. The highest BCUT2D eigenvalue weighted by molar-refractivity contribution is 7.00. The summed E-state index contributed by atoms with van der Waals surface area (Å²) in [4.78, 5) is 1.82. The SMILES string of the molecule is [2H]c1c(-n2c3c([2H])c([2H])c([2H])c([2H])c3c3c([2H])c([2H])c([2H])c([2H])c32)cc2c(c1[2H])B1c3c(c([2H])c(C(C)(C)C)c([2H])c3-n3c4c(-c5ccccc5)cccc4c4ccccc4c4ccccc4c4c(-n5c6c([2H])c([2H])c([2H])c([2H])c6c6c([2H])c([2H])c([2H])c([2H])c65)c([2H])c([2H])c1c43)N2c1cccc2c3ccccc3n(-c3ccccc3)c12. The highest BCUT2D eigenvalue weighted by Gasteiger charge is 2.44. The molecular formula is C88H60BN5. The molecule has 4 aromatic heterocycles. The summed E-state index contributed by atoms with van der Waals surface area (Å²) in [6.07, 6.45) is 0. The van der Waals surface area contributed by atoms with Gasteiger partial charge in [0.25, 0.3) is 6.71 Å². The van der Waals surface area contributed by atoms with Crippen LogP contribution in [-0.2, 0) is 5.41 Å². The Labute approximate surface area is 574 Å². The van der Waals surface area contributed by atoms with Crippen LogP contribution >= 0.6 is 0 Å². The topological polar surface area (TPSA) is 23.0 Å². The van der Waals surface area contributed by atoms with E-state index in [2.05, 4.69) is 4.57 Å². The van der Waals surface area contributed by atoms with E-state index in [9.17, 15) is 27.4 Å². The standard InChI is InChI=1S/C88H60BN5/c1-88(2,3)56-52-81-84-82(53-56)94-85-59(55-26-6-4-7-27-55)39-24-40-69(85)62-32-11-10-30-60(62)61-31-12-13-38-68(61)83-78(92-76-45-22-16-35-65(76)66-36-17-23-46-77(66)92)51-50-72(87(83)94)89(84)71-49-48-58(90-73-42-19-14-33-63(73)64-34-15-20-43-74(64)90)54-80(71)93(81)79-47-25-41-70-67-37-18-21-44-75(67)91(86(70)79)57-28-8-5-9-29-57/h4-54H,1-3H3/i14D,15D,16D,17D,19D,20D,22D,23D,33D,34D,35D,36D,42D,43D,45D,46D,48D,49D,50D,51D,52D,53D. The summed E-state index contributed by atoms with van der Waals surface area (Å²) in [5, 5.41) is 3.05. The van der Waals surface area contributed by atoms with Gasteiger partial charge in [-0.15, -0.1) is 0 Å². The molecular weight excluding hydrogens is 1140 g/mol. The molecule has 2 aliphatic heterocycles. The highest BCUT2D eigenvalue weighted by atomic mass is 15.2. The fourth-order valence-corrected chi connectivity index (χ4v) is 15.1. The molecule has 14 aromatic carbocycles. The minimum absolute atomic E-state index is 0.0115. The molecule has 0 aliphatic carbocycles. The summed E-state index contributed by atoms with van der Waals surface area (Å²) in [7, 11) is 0. The van der Waals surface area contributed by atoms with Gasteiger partial charge in [-0.1, -0.05) is 251 Å². The summed E-state index contributed by atoms with van der Waals surface area (Å²) < 4.78 is 227. The molecule has 0 radical (unpaired) electrons. The Morgan fingerprint density at radius 2 is 0.830 bits per heavy atom. The third-order valence-corrected chi connectivity index (χ3v) is 19.0. The van der Waals surface area contributed by atoms with Gasteiger partial charge in [-0.2, -0.15) is 0 Å². The Bertz CT molecular complexity index is 7580. The lowest BCUT2D eigenvalue weighted by Crippen LogP contribution is -2.60. The van der Waals surface area contributed by atoms with Crippen LogP contribution in [-0.4, -0.2) is 25.0 Å². The number of benzene rings is 14. The molecule has 0 fully saturated rings. The first kappa shape index (κ1) is 35.7. The van der Waals surface area contributed by atoms with E-state index in [4.69, 9.17) is 2.74 Å². The quantitative estimate of drug-likeness (QED) is 0.158. The van der Waals surface area contributed by atoms with E-state index in [1.54, 1.807) is 12.1 Å². The second-order valence-corrected chi connectivity index (χ2v) is 25.0. The smallest absolute Gasteiger partial charge is 0.252 e. The van der Waals surface area contributed by atoms with E-state index in [1.807, 2.05) is 188 Å². The molecule has 0 bridgehead atoms. The third kappa shape index (κ3) is 7.36. The number of rotatable bonds is 5. The molecule has 6 heteroatoms. The van der Waals surface area contributed by atoms with E-state index < -0.39 is 133 Å². The minimum Gasteiger partial charge on any atom is -0.309 e. The molecule has 0 atom stereocenters. The van der Waals surface area contributed by atoms with Gasteiger partial charge < -0.3 is 23.2 Å². The highest BCUT2D eigenvalue weighted by Crippen LogP contribution is 2.50. The predicted octanol–water partition coefficient (Wildman–Crippen LogP) is 21.1. The van der Waals surface area contributed by atoms with Crippen LogP contribution in [0.4, 0.5) is 17.1 Å². The van der Waals surface area contributed by atoms with Crippen molar-refractivity contribution in [1.29, 1.82) is 0 Å². The number of aromatic nitrogens is 4. The van der Waals surface area contributed by atoms with Crippen molar-refractivity contribution in [2.45, 2.75) is 26.2 Å². The molecule has 0 amide bonds. The fraction of sp³-hybridized carbons (Fsp3) is 0.0455. The monoisotopic (exact) mass is 1220 g/mol. The van der Waals surface area contributed by atoms with Crippen LogP contribution in [0.2, 0.25) is 0 Å². The Kier molecular flexibility index (Phi) is 7.52. The van der Waals surface area contributed by atoms with Gasteiger partial charge in [-0.05, 0) is 133 Å². The maximum absolute atomic E-state index is 11.6. The molecule has 20 rings (SSSR count). The second-order valence-electron chi connectivity index (χ2n) is 25.0. The number of hydrogen-bond donors (Lipinski definition) is 0. The minimum atomic E-state index is -1.66. The zero-order valence-corrected chi connectivity index (χ0v) is 50.6. The average Bonchev–Trinajstić information content (AvgIpc) is 0.986. The summed E-state index contributed by atoms with van der Waals surface area (Å²) in [5.74, 6) is 0. The summed E-state index contributed by atoms with van der Waals surface area (Å²) in [6.45, 7) is 4.00. The maximum Gasteiger partial charge on any atom is 0.252 e. The summed E-state index contributed by atoms with van der Waals surface area (Å²) in [6, 6.07) is 40.9. The van der Waals surface area contributed by atoms with Crippen molar-refractivity contribution in [3.63, 3.8) is 0 Å². The first-order valence-corrected chi connectivity index (χ1v) is 31.1. The second kappa shape index (κ2) is 19.8. The van der Waals surface area contributed by atoms with E-state index in [0.717, 1.165) is 10.9 Å². The number of anilines is 3. The molecule has 0 unspecified atom stereocenters. The third-order valence-electron chi connectivity index (χ3n) is 19.0. The van der Waals surface area contributed by atoms with Crippen molar-refractivity contribution in [3.8, 4) is 33.9 Å². The van der Waals surface area contributed by atoms with Crippen LogP contribution in [0.25, 0.3) is 143 Å². The number of fused-ring (bicyclic) bond motifs is 20. The van der Waals surface area contributed by atoms with Crippen LogP contribution in [0.3, 0.4) is 0 Å². The van der Waals surface area contributed by atoms with E-state index >= 15 is 0 Å². The summed E-state index contributed by atoms with van der Waals surface area (Å²) in [5.41, 5.74) is 1.27. The van der Waals surface area contributed by atoms with Gasteiger partial charge in [-0.25, -0.2) is 0 Å². The van der Waals surface area contributed by atoms with Crippen molar-refractivity contribution >= 4 is 149 Å². The van der Waals surface area contributed by atoms with Gasteiger partial charge in [0.2, 0.25) is 0 Å². The molecule has 2 aliphatic rings. The largest absolute Gasteiger partial charge is 0.309 e. The summed E-state index contributed by atoms with van der Waals surface area (Å²) >= 11 is 0. The van der Waals surface area contributed by atoms with Crippen molar-refractivity contribution in [3.05, 3.63) is 314 Å². The van der Waals surface area contributed by atoms with Gasteiger partial charge in [0.15, 0.2) is 0 Å². The zero-order chi connectivity index (χ0) is 81.2. The van der Waals surface area contributed by atoms with Gasteiger partial charge in [-0.3, -0.25) is 0 Å². The zero-order valence-electron chi connectivity index (χ0n) is 72.6. The van der Waals surface area contributed by atoms with E-state index in [0.29, 0.717) is 65.9 Å². The lowest BCUT2D eigenvalue weighted by molar-refractivity contribution is 0.590. The van der Waals surface area contributed by atoms with E-state index in [1.165, 1.54) is 15.2 Å². The first-order chi connectivity index (χ1) is 55.5. The first-order valence-electron chi connectivity index (χ1n) is 42.1. The van der Waals surface area contributed by atoms with Crippen LogP contribution < -0.4 is 21.3 Å². The normalized spacial score (nSPS) is 16.1. The molecule has 94 heavy (non-hydrogen) atoms. The number of hydrogen-bond acceptors (Lipinski definition) is 1. The Hall–Kier alpha value is -11.9. The van der Waals surface area contributed by atoms with Crippen molar-refractivity contribution in [2.75, 3.05) is 4.90 Å². The van der Waals surface area contributed by atoms with Gasteiger partial charge in [0.1, 0.15) is 0 Å². The van der Waals surface area contributed by atoms with Crippen molar-refractivity contribution in [1.82, 2.24) is 18.3 Å². The molecule has 18 aromatic rings. The fourth-order valence-electron chi connectivity index (χ4n) is 15.1. The van der Waals surface area contributed by atoms with Gasteiger partial charge in [0, 0.05) is 77.1 Å². The van der Waals surface area contributed by atoms with Crippen molar-refractivity contribution < 1.29 is 30.2 Å². The molecule has 440 valence electrons. The molecule has 5 nitrogen and oxygen atoms in total. The Morgan fingerprint density at radius 3 is 1.48 bits per heavy atom. The lowest BCUT2D eigenvalue weighted by Gasteiger charge is -2.42. The number of para-hydroxylation sites is 8. The Morgan fingerprint density at radius 1 is 0.319 bits per heavy atom. The van der Waals surface area contributed by atoms with Crippen LogP contribution in [0.15, 0.2) is 309 Å². The average molecular weight is 1220 g/mol. The van der Waals surface area contributed by atoms with Gasteiger partial charge in [0.05, 0.1) is 85.7 Å². The van der Waals surface area contributed by atoms with Crippen LogP contribution in [0, 0.1) is 0 Å². The van der Waals surface area contributed by atoms with Crippen LogP contribution in [0.1, 0.15) is 56.5 Å². The predicted molar refractivity (Wildman–Crippen MR) is 400 cm³/mol. The molecule has 0 saturated heterocycles. The molecule has 0 saturated carbocycles.